The fourth-order valence-corrected chi connectivity index (χ4v) is 9.71. The van der Waals surface area contributed by atoms with Crippen LogP contribution in [-0.2, 0) is 5.41 Å². The zero-order valence-corrected chi connectivity index (χ0v) is 27.1. The Hall–Kier alpha value is -6.51. The molecule has 2 heterocycles. The van der Waals surface area contributed by atoms with Crippen LogP contribution in [-0.4, -0.2) is 4.98 Å². The van der Waals surface area contributed by atoms with E-state index in [1.165, 1.54) is 93.8 Å². The summed E-state index contributed by atoms with van der Waals surface area (Å²) in [6.07, 6.45) is 1.97. The van der Waals surface area contributed by atoms with Gasteiger partial charge >= 0.3 is 0 Å². The van der Waals surface area contributed by atoms with Crippen molar-refractivity contribution in [2.24, 2.45) is 0 Å². The Kier molecular flexibility index (Phi) is 4.94. The number of rotatable bonds is 1. The standard InChI is InChI=1S/C48H28N2/c1-2-12-32-29(11-1)22-23-30-27-31(24-25-33(30)32)50-43-20-8-5-15-36(43)39-28-42-45(37-16-9-21-44(50)46(37)39)38-17-10-26-49-47(38)48(42)40-18-6-3-13-34(40)35-14-4-7-19-41(35)48/h1-28H. The number of hydrogen-bond donors (Lipinski definition) is 0. The number of fused-ring (bicyclic) bond motifs is 16. The molecule has 9 aromatic rings. The zero-order chi connectivity index (χ0) is 32.6. The Morgan fingerprint density at radius 1 is 0.420 bits per heavy atom. The first-order chi connectivity index (χ1) is 24.8. The molecule has 2 heteroatoms. The molecule has 3 aliphatic rings. The van der Waals surface area contributed by atoms with Crippen LogP contribution in [0, 0.1) is 0 Å². The van der Waals surface area contributed by atoms with Gasteiger partial charge in [-0.1, -0.05) is 127 Å². The molecule has 1 aliphatic heterocycles. The van der Waals surface area contributed by atoms with Crippen LogP contribution in [0.25, 0.3) is 65.7 Å². The van der Waals surface area contributed by atoms with Gasteiger partial charge in [-0.3, -0.25) is 4.98 Å². The van der Waals surface area contributed by atoms with Crippen molar-refractivity contribution in [1.82, 2.24) is 4.98 Å². The molecule has 0 bridgehead atoms. The minimum atomic E-state index is -0.493. The molecule has 1 spiro atoms. The van der Waals surface area contributed by atoms with E-state index in [1.54, 1.807) is 0 Å². The van der Waals surface area contributed by atoms with E-state index < -0.39 is 5.41 Å². The quantitative estimate of drug-likeness (QED) is 0.167. The van der Waals surface area contributed by atoms with Crippen LogP contribution in [0.3, 0.4) is 0 Å². The fourth-order valence-electron chi connectivity index (χ4n) is 9.71. The lowest BCUT2D eigenvalue weighted by Gasteiger charge is -2.35. The second kappa shape index (κ2) is 9.34. The Morgan fingerprint density at radius 2 is 1.08 bits per heavy atom. The van der Waals surface area contributed by atoms with Crippen LogP contribution in [0.15, 0.2) is 170 Å². The maximum Gasteiger partial charge on any atom is 0.0898 e. The van der Waals surface area contributed by atoms with Crippen molar-refractivity contribution >= 4 is 49.4 Å². The molecule has 0 N–H and O–H groups in total. The van der Waals surface area contributed by atoms with E-state index in [0.29, 0.717) is 0 Å². The maximum atomic E-state index is 5.25. The molecule has 0 radical (unpaired) electrons. The molecule has 50 heavy (non-hydrogen) atoms. The third kappa shape index (κ3) is 3.08. The Labute approximate surface area is 289 Å². The van der Waals surface area contributed by atoms with Gasteiger partial charge in [0, 0.05) is 28.4 Å². The van der Waals surface area contributed by atoms with Crippen molar-refractivity contribution in [2.75, 3.05) is 4.90 Å². The molecule has 0 saturated carbocycles. The van der Waals surface area contributed by atoms with E-state index in [9.17, 15) is 0 Å². The Bertz CT molecular complexity index is 2910. The summed E-state index contributed by atoms with van der Waals surface area (Å²) in [4.78, 5) is 7.73. The van der Waals surface area contributed by atoms with Crippen molar-refractivity contribution in [3.05, 3.63) is 192 Å². The number of benzene rings is 8. The Morgan fingerprint density at radius 3 is 1.94 bits per heavy atom. The first-order valence-electron chi connectivity index (χ1n) is 17.4. The minimum Gasteiger partial charge on any atom is -0.309 e. The van der Waals surface area contributed by atoms with Gasteiger partial charge in [0.1, 0.15) is 0 Å². The van der Waals surface area contributed by atoms with Crippen molar-refractivity contribution in [1.29, 1.82) is 0 Å². The number of anilines is 3. The summed E-state index contributed by atoms with van der Waals surface area (Å²) >= 11 is 0. The zero-order valence-electron chi connectivity index (χ0n) is 27.1. The van der Waals surface area contributed by atoms with Crippen molar-refractivity contribution in [2.45, 2.75) is 5.41 Å². The third-order valence-electron chi connectivity index (χ3n) is 11.6. The van der Waals surface area contributed by atoms with Crippen LogP contribution in [0.2, 0.25) is 0 Å². The van der Waals surface area contributed by atoms with Crippen LogP contribution >= 0.6 is 0 Å². The third-order valence-corrected chi connectivity index (χ3v) is 11.6. The van der Waals surface area contributed by atoms with E-state index in [0.717, 1.165) is 11.4 Å². The van der Waals surface area contributed by atoms with Gasteiger partial charge in [-0.05, 0) is 102 Å². The van der Waals surface area contributed by atoms with Gasteiger partial charge in [-0.15, -0.1) is 0 Å². The number of hydrogen-bond acceptors (Lipinski definition) is 2. The summed E-state index contributed by atoms with van der Waals surface area (Å²) in [7, 11) is 0. The number of para-hydroxylation sites is 1. The first kappa shape index (κ1) is 26.4. The lowest BCUT2D eigenvalue weighted by atomic mass is 9.71. The topological polar surface area (TPSA) is 16.1 Å². The predicted molar refractivity (Wildman–Crippen MR) is 207 cm³/mol. The monoisotopic (exact) mass is 632 g/mol. The summed E-state index contributed by atoms with van der Waals surface area (Å²) in [5, 5.41) is 7.63. The van der Waals surface area contributed by atoms with Crippen LogP contribution in [0.4, 0.5) is 17.1 Å². The molecule has 2 nitrogen and oxygen atoms in total. The summed E-state index contributed by atoms with van der Waals surface area (Å²) in [5.41, 5.74) is 15.8. The molecule has 0 amide bonds. The summed E-state index contributed by atoms with van der Waals surface area (Å²) in [6, 6.07) is 60.8. The van der Waals surface area contributed by atoms with E-state index >= 15 is 0 Å². The highest BCUT2D eigenvalue weighted by molar-refractivity contribution is 6.20. The normalized spacial score (nSPS) is 14.1. The van der Waals surface area contributed by atoms with E-state index in [4.69, 9.17) is 4.98 Å². The average molecular weight is 633 g/mol. The molecule has 230 valence electrons. The molecule has 2 aliphatic carbocycles. The van der Waals surface area contributed by atoms with Gasteiger partial charge in [0.2, 0.25) is 0 Å². The second-order valence-electron chi connectivity index (χ2n) is 13.8. The summed E-state index contributed by atoms with van der Waals surface area (Å²) in [6.45, 7) is 0. The molecule has 0 unspecified atom stereocenters. The molecule has 8 aromatic carbocycles. The lowest BCUT2D eigenvalue weighted by Crippen LogP contribution is -2.27. The van der Waals surface area contributed by atoms with Gasteiger partial charge in [0.15, 0.2) is 0 Å². The number of pyridine rings is 1. The number of nitrogens with zero attached hydrogens (tertiary/aromatic N) is 2. The van der Waals surface area contributed by atoms with E-state index in [1.807, 2.05) is 6.20 Å². The van der Waals surface area contributed by atoms with Crippen molar-refractivity contribution in [3.8, 4) is 33.4 Å². The highest BCUT2D eigenvalue weighted by atomic mass is 15.2. The smallest absolute Gasteiger partial charge is 0.0898 e. The molecule has 1 aromatic heterocycles. The van der Waals surface area contributed by atoms with Crippen LogP contribution in [0.1, 0.15) is 22.4 Å². The van der Waals surface area contributed by atoms with Gasteiger partial charge in [0.25, 0.3) is 0 Å². The number of aromatic nitrogens is 1. The molecule has 12 rings (SSSR count). The van der Waals surface area contributed by atoms with Gasteiger partial charge in [-0.25, -0.2) is 0 Å². The maximum absolute atomic E-state index is 5.25. The SMILES string of the molecule is c1ccc2c(c1)-c1cc3c(c4cccc(c14)N2c1ccc2c(ccc4ccccc42)c1)-c1cccnc1C31c2ccccc2-c2ccccc21. The molecular formula is C48H28N2. The predicted octanol–water partition coefficient (Wildman–Crippen LogP) is 12.3. The molecular weight excluding hydrogens is 605 g/mol. The van der Waals surface area contributed by atoms with Gasteiger partial charge in [0.05, 0.1) is 22.5 Å². The first-order valence-corrected chi connectivity index (χ1v) is 17.4. The molecule has 0 fully saturated rings. The molecule has 0 atom stereocenters. The van der Waals surface area contributed by atoms with E-state index in [2.05, 4.69) is 169 Å². The average Bonchev–Trinajstić information content (AvgIpc) is 3.65. The Balaban J connectivity index is 1.19. The van der Waals surface area contributed by atoms with Crippen molar-refractivity contribution in [3.63, 3.8) is 0 Å². The highest BCUT2D eigenvalue weighted by Gasteiger charge is 2.53. The van der Waals surface area contributed by atoms with Crippen molar-refractivity contribution < 1.29 is 0 Å². The van der Waals surface area contributed by atoms with Crippen LogP contribution in [0.5, 0.6) is 0 Å². The summed E-state index contributed by atoms with van der Waals surface area (Å²) < 4.78 is 0. The van der Waals surface area contributed by atoms with Crippen LogP contribution < -0.4 is 4.90 Å². The second-order valence-corrected chi connectivity index (χ2v) is 13.8. The van der Waals surface area contributed by atoms with Gasteiger partial charge in [-0.2, -0.15) is 0 Å². The lowest BCUT2D eigenvalue weighted by molar-refractivity contribution is 0.761. The molecule has 0 saturated heterocycles. The fraction of sp³-hybridized carbons (Fsp3) is 0.0208. The summed E-state index contributed by atoms with van der Waals surface area (Å²) in [5.74, 6) is 0. The largest absolute Gasteiger partial charge is 0.309 e. The minimum absolute atomic E-state index is 0.493. The van der Waals surface area contributed by atoms with E-state index in [-0.39, 0.29) is 0 Å². The highest BCUT2D eigenvalue weighted by Crippen LogP contribution is 2.65. The van der Waals surface area contributed by atoms with Gasteiger partial charge < -0.3 is 4.90 Å².